The van der Waals surface area contributed by atoms with Crippen molar-refractivity contribution in [3.63, 3.8) is 0 Å². The number of halogens is 2. The summed E-state index contributed by atoms with van der Waals surface area (Å²) in [4.78, 5) is 25.0. The molecule has 2 rings (SSSR count). The summed E-state index contributed by atoms with van der Waals surface area (Å²) in [6, 6.07) is 2.57. The molecule has 1 aromatic rings. The van der Waals surface area contributed by atoms with Crippen LogP contribution in [-0.4, -0.2) is 46.2 Å². The van der Waals surface area contributed by atoms with Crippen LogP contribution < -0.4 is 0 Å². The Hall–Kier alpha value is -2.02. The Morgan fingerprint density at radius 2 is 2.09 bits per heavy atom. The number of aliphatic carboxylic acids is 1. The number of carbonyl (C=O) groups excluding carboxylic acids is 1. The number of aliphatic hydroxyl groups is 1. The van der Waals surface area contributed by atoms with Gasteiger partial charge in [-0.3, -0.25) is 9.59 Å². The van der Waals surface area contributed by atoms with E-state index in [1.807, 2.05) is 6.92 Å². The van der Waals surface area contributed by atoms with Crippen molar-refractivity contribution in [1.29, 1.82) is 0 Å². The highest BCUT2D eigenvalue weighted by Crippen LogP contribution is 2.37. The molecule has 0 saturated carbocycles. The van der Waals surface area contributed by atoms with Crippen LogP contribution in [0.2, 0.25) is 0 Å². The fraction of sp³-hybridized carbons (Fsp3) is 0.500. The summed E-state index contributed by atoms with van der Waals surface area (Å²) in [5, 5.41) is 19.7. The third-order valence-corrected chi connectivity index (χ3v) is 4.43. The Balaban J connectivity index is 2.21. The van der Waals surface area contributed by atoms with Crippen LogP contribution in [0.25, 0.3) is 0 Å². The van der Waals surface area contributed by atoms with Crippen LogP contribution in [-0.2, 0) is 4.79 Å². The topological polar surface area (TPSA) is 77.8 Å². The lowest BCUT2D eigenvalue weighted by molar-refractivity contribution is -0.162. The Morgan fingerprint density at radius 3 is 2.65 bits per heavy atom. The van der Waals surface area contributed by atoms with Crippen LogP contribution in [0.15, 0.2) is 18.2 Å². The van der Waals surface area contributed by atoms with Crippen molar-refractivity contribution in [3.8, 4) is 0 Å². The standard InChI is InChI=1S/C16H19F2NO4/c1-2-5-16(15(22)23)6-7-19(9-13(16)20)14(21)11-8-10(17)3-4-12(11)18/h3-4,8,13,20H,2,5-7,9H2,1H3,(H,22,23)/t13-,16+/m1/s1. The van der Waals surface area contributed by atoms with E-state index in [-0.39, 0.29) is 19.5 Å². The van der Waals surface area contributed by atoms with Crippen molar-refractivity contribution in [2.75, 3.05) is 13.1 Å². The number of carbonyl (C=O) groups is 2. The second kappa shape index (κ2) is 6.62. The molecule has 1 amide bonds. The predicted molar refractivity (Wildman–Crippen MR) is 77.9 cm³/mol. The van der Waals surface area contributed by atoms with Crippen LogP contribution in [0.1, 0.15) is 36.5 Å². The number of carboxylic acids is 1. The van der Waals surface area contributed by atoms with Crippen molar-refractivity contribution in [1.82, 2.24) is 4.90 Å². The molecule has 1 saturated heterocycles. The molecule has 0 aromatic heterocycles. The minimum atomic E-state index is -1.30. The molecule has 126 valence electrons. The van der Waals surface area contributed by atoms with Gasteiger partial charge < -0.3 is 15.1 Å². The van der Waals surface area contributed by atoms with Gasteiger partial charge in [0.1, 0.15) is 11.6 Å². The van der Waals surface area contributed by atoms with Crippen molar-refractivity contribution in [2.45, 2.75) is 32.3 Å². The zero-order valence-electron chi connectivity index (χ0n) is 12.8. The highest BCUT2D eigenvalue weighted by molar-refractivity contribution is 5.94. The normalized spacial score (nSPS) is 24.5. The maximum Gasteiger partial charge on any atom is 0.312 e. The first kappa shape index (κ1) is 17.3. The van der Waals surface area contributed by atoms with E-state index >= 15 is 0 Å². The number of hydrogen-bond acceptors (Lipinski definition) is 3. The van der Waals surface area contributed by atoms with Gasteiger partial charge in [-0.15, -0.1) is 0 Å². The number of hydrogen-bond donors (Lipinski definition) is 2. The maximum absolute atomic E-state index is 13.7. The summed E-state index contributed by atoms with van der Waals surface area (Å²) >= 11 is 0. The third kappa shape index (κ3) is 3.19. The van der Waals surface area contributed by atoms with Crippen molar-refractivity contribution < 1.29 is 28.6 Å². The van der Waals surface area contributed by atoms with E-state index in [1.165, 1.54) is 4.90 Å². The molecule has 1 aromatic carbocycles. The number of rotatable bonds is 4. The van der Waals surface area contributed by atoms with Crippen molar-refractivity contribution in [3.05, 3.63) is 35.4 Å². The van der Waals surface area contributed by atoms with E-state index in [2.05, 4.69) is 0 Å². The fourth-order valence-corrected chi connectivity index (χ4v) is 3.09. The molecule has 7 heteroatoms. The van der Waals surface area contributed by atoms with Gasteiger partial charge >= 0.3 is 5.97 Å². The van der Waals surface area contributed by atoms with Crippen LogP contribution in [0.4, 0.5) is 8.78 Å². The summed E-state index contributed by atoms with van der Waals surface area (Å²) in [6.07, 6.45) is -0.315. The zero-order valence-corrected chi connectivity index (χ0v) is 12.8. The molecule has 0 unspecified atom stereocenters. The van der Waals surface area contributed by atoms with Gasteiger partial charge in [-0.2, -0.15) is 0 Å². The van der Waals surface area contributed by atoms with Gasteiger partial charge in [0.2, 0.25) is 0 Å². The van der Waals surface area contributed by atoms with E-state index in [9.17, 15) is 28.6 Å². The van der Waals surface area contributed by atoms with Crippen molar-refractivity contribution >= 4 is 11.9 Å². The number of nitrogens with zero attached hydrogens (tertiary/aromatic N) is 1. The number of β-amino-alcohol motifs (C(OH)–C–C–N with tert-alkyl or cyclic N) is 1. The van der Waals surface area contributed by atoms with E-state index in [0.717, 1.165) is 18.2 Å². The molecule has 2 atom stereocenters. The lowest BCUT2D eigenvalue weighted by atomic mass is 9.72. The summed E-state index contributed by atoms with van der Waals surface area (Å²) in [7, 11) is 0. The molecular weight excluding hydrogens is 308 g/mol. The minimum absolute atomic E-state index is 0.0676. The Morgan fingerprint density at radius 1 is 1.39 bits per heavy atom. The first-order valence-corrected chi connectivity index (χ1v) is 7.47. The van der Waals surface area contributed by atoms with Gasteiger partial charge in [-0.25, -0.2) is 8.78 Å². The van der Waals surface area contributed by atoms with Crippen LogP contribution in [0, 0.1) is 17.0 Å². The maximum atomic E-state index is 13.7. The molecule has 1 aliphatic heterocycles. The van der Waals surface area contributed by atoms with Crippen molar-refractivity contribution in [2.24, 2.45) is 5.41 Å². The number of likely N-dealkylation sites (tertiary alicyclic amines) is 1. The van der Waals surface area contributed by atoms with Crippen LogP contribution in [0.3, 0.4) is 0 Å². The van der Waals surface area contributed by atoms with E-state index < -0.39 is 40.6 Å². The molecule has 0 bridgehead atoms. The summed E-state index contributed by atoms with van der Waals surface area (Å²) < 4.78 is 26.9. The Labute approximate surface area is 132 Å². The molecule has 1 aliphatic rings. The first-order valence-electron chi connectivity index (χ1n) is 7.47. The lowest BCUT2D eigenvalue weighted by Crippen LogP contribution is -2.56. The predicted octanol–water partition coefficient (Wildman–Crippen LogP) is 2.04. The monoisotopic (exact) mass is 327 g/mol. The molecule has 0 aliphatic carbocycles. The smallest absolute Gasteiger partial charge is 0.312 e. The van der Waals surface area contributed by atoms with Gasteiger partial charge in [-0.05, 0) is 31.0 Å². The minimum Gasteiger partial charge on any atom is -0.481 e. The van der Waals surface area contributed by atoms with Crippen LogP contribution >= 0.6 is 0 Å². The summed E-state index contributed by atoms with van der Waals surface area (Å²) in [5.74, 6) is -3.44. The number of piperidine rings is 1. The van der Waals surface area contributed by atoms with Gasteiger partial charge in [0, 0.05) is 13.1 Å². The quantitative estimate of drug-likeness (QED) is 0.887. The van der Waals surface area contributed by atoms with Gasteiger partial charge in [0.25, 0.3) is 5.91 Å². The van der Waals surface area contributed by atoms with Crippen LogP contribution in [0.5, 0.6) is 0 Å². The molecule has 2 N–H and O–H groups in total. The van der Waals surface area contributed by atoms with Gasteiger partial charge in [-0.1, -0.05) is 13.3 Å². The Kier molecular flexibility index (Phi) is 4.99. The molecule has 1 fully saturated rings. The lowest BCUT2D eigenvalue weighted by Gasteiger charge is -2.42. The Bertz CT molecular complexity index is 622. The molecule has 5 nitrogen and oxygen atoms in total. The fourth-order valence-electron chi connectivity index (χ4n) is 3.09. The zero-order chi connectivity index (χ0) is 17.2. The molecular formula is C16H19F2NO4. The number of carboxylic acid groups (broad SMARTS) is 1. The largest absolute Gasteiger partial charge is 0.481 e. The summed E-state index contributed by atoms with van der Waals surface area (Å²) in [5.41, 5.74) is -1.72. The summed E-state index contributed by atoms with van der Waals surface area (Å²) in [6.45, 7) is 1.66. The highest BCUT2D eigenvalue weighted by Gasteiger charge is 2.48. The number of benzene rings is 1. The molecule has 23 heavy (non-hydrogen) atoms. The second-order valence-corrected chi connectivity index (χ2v) is 5.85. The van der Waals surface area contributed by atoms with E-state index in [0.29, 0.717) is 12.8 Å². The first-order chi connectivity index (χ1) is 10.8. The number of aliphatic hydroxyl groups excluding tert-OH is 1. The van der Waals surface area contributed by atoms with Gasteiger partial charge in [0.05, 0.1) is 17.1 Å². The molecule has 0 radical (unpaired) electrons. The highest BCUT2D eigenvalue weighted by atomic mass is 19.1. The SMILES string of the molecule is CCC[C@]1(C(=O)O)CCN(C(=O)c2cc(F)ccc2F)C[C@H]1O. The average molecular weight is 327 g/mol. The molecule has 1 heterocycles. The average Bonchev–Trinajstić information content (AvgIpc) is 2.51. The third-order valence-electron chi connectivity index (χ3n) is 4.43. The second-order valence-electron chi connectivity index (χ2n) is 5.85. The van der Waals surface area contributed by atoms with E-state index in [4.69, 9.17) is 0 Å². The van der Waals surface area contributed by atoms with Gasteiger partial charge in [0.15, 0.2) is 0 Å². The number of amides is 1. The van der Waals surface area contributed by atoms with E-state index in [1.54, 1.807) is 0 Å². The molecule has 0 spiro atoms.